The number of hydrogen-bond acceptors (Lipinski definition) is 2. The molecule has 1 unspecified atom stereocenters. The number of carbonyl (C=O) groups excluding carboxylic acids is 1. The smallest absolute Gasteiger partial charge is 0.165 e. The third-order valence-corrected chi connectivity index (χ3v) is 4.45. The van der Waals surface area contributed by atoms with Crippen molar-refractivity contribution in [3.63, 3.8) is 0 Å². The van der Waals surface area contributed by atoms with Crippen LogP contribution in [0.1, 0.15) is 28.4 Å². The molecule has 2 nitrogen and oxygen atoms in total. The van der Waals surface area contributed by atoms with Gasteiger partial charge in [-0.3, -0.25) is 4.79 Å². The summed E-state index contributed by atoms with van der Waals surface area (Å²) in [6.07, 6.45) is 0.342. The number of rotatable bonds is 6. The van der Waals surface area contributed by atoms with Crippen LogP contribution in [-0.4, -0.2) is 5.78 Å². The van der Waals surface area contributed by atoms with E-state index in [1.165, 1.54) is 0 Å². The Labute approximate surface area is 157 Å². The Bertz CT molecular complexity index is 830. The highest BCUT2D eigenvalue weighted by molar-refractivity contribution is 6.31. The molecule has 25 heavy (non-hydrogen) atoms. The standard InChI is InChI=1S/C21H17Cl2NO/c22-17-8-6-16(7-9-17)21(25)14-20(15-4-2-1-3-5-15)24-19-12-10-18(23)11-13-19/h1-13,20,24H,14H2. The van der Waals surface area contributed by atoms with E-state index in [1.54, 1.807) is 24.3 Å². The number of halogens is 2. The maximum Gasteiger partial charge on any atom is 0.165 e. The molecule has 0 aliphatic carbocycles. The van der Waals surface area contributed by atoms with Crippen molar-refractivity contribution in [2.24, 2.45) is 0 Å². The summed E-state index contributed by atoms with van der Waals surface area (Å²) in [4.78, 5) is 12.7. The van der Waals surface area contributed by atoms with Gasteiger partial charge in [0.05, 0.1) is 6.04 Å². The maximum atomic E-state index is 12.7. The van der Waals surface area contributed by atoms with Crippen LogP contribution < -0.4 is 5.32 Å². The number of carbonyl (C=O) groups is 1. The molecule has 0 saturated heterocycles. The van der Waals surface area contributed by atoms with Crippen molar-refractivity contribution in [3.05, 3.63) is 100 Å². The van der Waals surface area contributed by atoms with Crippen molar-refractivity contribution in [3.8, 4) is 0 Å². The van der Waals surface area contributed by atoms with Crippen LogP contribution in [0.15, 0.2) is 78.9 Å². The highest BCUT2D eigenvalue weighted by Gasteiger charge is 2.17. The van der Waals surface area contributed by atoms with Crippen LogP contribution in [0.2, 0.25) is 10.0 Å². The minimum Gasteiger partial charge on any atom is -0.378 e. The lowest BCUT2D eigenvalue weighted by Gasteiger charge is -2.20. The van der Waals surface area contributed by atoms with E-state index in [4.69, 9.17) is 23.2 Å². The molecule has 0 aromatic heterocycles. The Hall–Kier alpha value is -2.29. The summed E-state index contributed by atoms with van der Waals surface area (Å²) in [5, 5.41) is 4.73. The molecule has 3 aromatic rings. The summed E-state index contributed by atoms with van der Waals surface area (Å²) in [5.41, 5.74) is 2.63. The molecule has 1 atom stereocenters. The first-order valence-corrected chi connectivity index (χ1v) is 8.73. The molecule has 0 aliphatic rings. The van der Waals surface area contributed by atoms with Crippen molar-refractivity contribution < 1.29 is 4.79 Å². The molecule has 4 heteroatoms. The average Bonchev–Trinajstić information content (AvgIpc) is 2.64. The first-order valence-electron chi connectivity index (χ1n) is 7.97. The molecular weight excluding hydrogens is 353 g/mol. The summed E-state index contributed by atoms with van der Waals surface area (Å²) in [6, 6.07) is 24.3. The highest BCUT2D eigenvalue weighted by Crippen LogP contribution is 2.25. The van der Waals surface area contributed by atoms with E-state index >= 15 is 0 Å². The molecule has 0 fully saturated rings. The van der Waals surface area contributed by atoms with Crippen LogP contribution in [0.3, 0.4) is 0 Å². The van der Waals surface area contributed by atoms with Gasteiger partial charge in [-0.1, -0.05) is 53.5 Å². The van der Waals surface area contributed by atoms with E-state index in [2.05, 4.69) is 5.32 Å². The molecule has 0 heterocycles. The fourth-order valence-corrected chi connectivity index (χ4v) is 2.88. The quantitative estimate of drug-likeness (QED) is 0.507. The predicted octanol–water partition coefficient (Wildman–Crippen LogP) is 6.42. The molecule has 0 bridgehead atoms. The van der Waals surface area contributed by atoms with Gasteiger partial charge in [-0.15, -0.1) is 0 Å². The molecule has 0 amide bonds. The predicted molar refractivity (Wildman–Crippen MR) is 105 cm³/mol. The van der Waals surface area contributed by atoms with E-state index in [9.17, 15) is 4.79 Å². The summed E-state index contributed by atoms with van der Waals surface area (Å²) in [7, 11) is 0. The van der Waals surface area contributed by atoms with Gasteiger partial charge < -0.3 is 5.32 Å². The van der Waals surface area contributed by atoms with Crippen LogP contribution in [0.25, 0.3) is 0 Å². The largest absolute Gasteiger partial charge is 0.378 e. The van der Waals surface area contributed by atoms with Gasteiger partial charge in [0.15, 0.2) is 5.78 Å². The van der Waals surface area contributed by atoms with Crippen LogP contribution in [0.4, 0.5) is 5.69 Å². The van der Waals surface area contributed by atoms with E-state index in [1.807, 2.05) is 54.6 Å². The van der Waals surface area contributed by atoms with Gasteiger partial charge in [-0.05, 0) is 54.1 Å². The second-order valence-electron chi connectivity index (χ2n) is 5.75. The van der Waals surface area contributed by atoms with Gasteiger partial charge in [0.1, 0.15) is 0 Å². The molecule has 0 radical (unpaired) electrons. The highest BCUT2D eigenvalue weighted by atomic mass is 35.5. The normalized spacial score (nSPS) is 11.8. The van der Waals surface area contributed by atoms with Gasteiger partial charge in [-0.2, -0.15) is 0 Å². The fourth-order valence-electron chi connectivity index (χ4n) is 2.62. The molecule has 3 rings (SSSR count). The number of ketones is 1. The number of anilines is 1. The zero-order valence-corrected chi connectivity index (χ0v) is 15.0. The van der Waals surface area contributed by atoms with Gasteiger partial charge >= 0.3 is 0 Å². The van der Waals surface area contributed by atoms with E-state index in [0.29, 0.717) is 22.0 Å². The minimum atomic E-state index is -0.134. The lowest BCUT2D eigenvalue weighted by molar-refractivity contribution is 0.0976. The Morgan fingerprint density at radius 1 is 0.800 bits per heavy atom. The second-order valence-corrected chi connectivity index (χ2v) is 6.62. The number of Topliss-reactive ketones (excluding diaryl/α,β-unsaturated/α-hetero) is 1. The minimum absolute atomic E-state index is 0.0620. The van der Waals surface area contributed by atoms with Crippen LogP contribution in [0.5, 0.6) is 0 Å². The Morgan fingerprint density at radius 3 is 1.96 bits per heavy atom. The Balaban J connectivity index is 1.82. The summed E-state index contributed by atoms with van der Waals surface area (Å²) in [5.74, 6) is 0.0620. The molecule has 126 valence electrons. The molecule has 0 aliphatic heterocycles. The first-order chi connectivity index (χ1) is 12.1. The van der Waals surface area contributed by atoms with Crippen molar-refractivity contribution in [1.82, 2.24) is 0 Å². The zero-order chi connectivity index (χ0) is 17.6. The van der Waals surface area contributed by atoms with E-state index < -0.39 is 0 Å². The molecule has 0 spiro atoms. The summed E-state index contributed by atoms with van der Waals surface area (Å²) in [6.45, 7) is 0. The van der Waals surface area contributed by atoms with Gasteiger partial charge in [-0.25, -0.2) is 0 Å². The zero-order valence-electron chi connectivity index (χ0n) is 13.5. The number of hydrogen-bond donors (Lipinski definition) is 1. The SMILES string of the molecule is O=C(CC(Nc1ccc(Cl)cc1)c1ccccc1)c1ccc(Cl)cc1. The second kappa shape index (κ2) is 8.19. The molecule has 3 aromatic carbocycles. The lowest BCUT2D eigenvalue weighted by Crippen LogP contribution is -2.15. The average molecular weight is 370 g/mol. The molecule has 0 saturated carbocycles. The van der Waals surface area contributed by atoms with Gasteiger partial charge in [0.25, 0.3) is 0 Å². The van der Waals surface area contributed by atoms with Crippen molar-refractivity contribution >= 4 is 34.7 Å². The van der Waals surface area contributed by atoms with Crippen LogP contribution >= 0.6 is 23.2 Å². The van der Waals surface area contributed by atoms with Crippen LogP contribution in [-0.2, 0) is 0 Å². The Kier molecular flexibility index (Phi) is 5.75. The first kappa shape index (κ1) is 17.5. The van der Waals surface area contributed by atoms with E-state index in [-0.39, 0.29) is 11.8 Å². The van der Waals surface area contributed by atoms with Gasteiger partial charge in [0.2, 0.25) is 0 Å². The van der Waals surface area contributed by atoms with Gasteiger partial charge in [0, 0.05) is 27.7 Å². The van der Waals surface area contributed by atoms with Crippen molar-refractivity contribution in [2.75, 3.05) is 5.32 Å². The Morgan fingerprint density at radius 2 is 1.36 bits per heavy atom. The monoisotopic (exact) mass is 369 g/mol. The van der Waals surface area contributed by atoms with Crippen molar-refractivity contribution in [1.29, 1.82) is 0 Å². The number of benzene rings is 3. The number of nitrogens with one attached hydrogen (secondary N) is 1. The third-order valence-electron chi connectivity index (χ3n) is 3.94. The molecular formula is C21H17Cl2NO. The van der Waals surface area contributed by atoms with Crippen LogP contribution in [0, 0.1) is 0 Å². The fraction of sp³-hybridized carbons (Fsp3) is 0.0952. The van der Waals surface area contributed by atoms with E-state index in [0.717, 1.165) is 11.3 Å². The summed E-state index contributed by atoms with van der Waals surface area (Å²) < 4.78 is 0. The topological polar surface area (TPSA) is 29.1 Å². The summed E-state index contributed by atoms with van der Waals surface area (Å²) >= 11 is 11.9. The third kappa shape index (κ3) is 4.85. The molecule has 1 N–H and O–H groups in total. The van der Waals surface area contributed by atoms with Crippen molar-refractivity contribution in [2.45, 2.75) is 12.5 Å². The lowest BCUT2D eigenvalue weighted by atomic mass is 9.97. The maximum absolute atomic E-state index is 12.7.